The summed E-state index contributed by atoms with van der Waals surface area (Å²) in [5, 5.41) is 2.96. The third-order valence-corrected chi connectivity index (χ3v) is 5.17. The van der Waals surface area contributed by atoms with E-state index in [1.54, 1.807) is 12.1 Å². The molecule has 0 bridgehead atoms. The van der Waals surface area contributed by atoms with Crippen LogP contribution in [-0.2, 0) is 23.9 Å². The summed E-state index contributed by atoms with van der Waals surface area (Å²) < 4.78 is 10.1. The van der Waals surface area contributed by atoms with Crippen LogP contribution < -0.4 is 10.1 Å². The number of benzene rings is 1. The molecule has 0 aromatic heterocycles. The molecular formula is C20H21ClN2O6. The molecule has 2 aliphatic rings. The van der Waals surface area contributed by atoms with Crippen molar-refractivity contribution in [1.29, 1.82) is 0 Å². The minimum atomic E-state index is -0.674. The Kier molecular flexibility index (Phi) is 6.53. The molecule has 0 saturated carbocycles. The van der Waals surface area contributed by atoms with E-state index in [1.807, 2.05) is 12.2 Å². The summed E-state index contributed by atoms with van der Waals surface area (Å²) in [5.41, 5.74) is 0.352. The lowest BCUT2D eigenvalue weighted by Crippen LogP contribution is -2.33. The van der Waals surface area contributed by atoms with Gasteiger partial charge >= 0.3 is 5.97 Å². The van der Waals surface area contributed by atoms with Crippen LogP contribution in [0.3, 0.4) is 0 Å². The molecule has 0 spiro atoms. The van der Waals surface area contributed by atoms with Crippen molar-refractivity contribution in [3.8, 4) is 5.75 Å². The fraction of sp³-hybridized carbons (Fsp3) is 0.400. The summed E-state index contributed by atoms with van der Waals surface area (Å²) >= 11 is 5.90. The monoisotopic (exact) mass is 420 g/mol. The van der Waals surface area contributed by atoms with Gasteiger partial charge in [-0.05, 0) is 31.0 Å². The SMILES string of the molecule is COc1ccc(Cl)cc1NC(=O)COC(=O)CCN1C(=O)[C@H]2CC=CC[C@H]2C1=O. The van der Waals surface area contributed by atoms with Crippen LogP contribution in [-0.4, -0.2) is 48.9 Å². The first-order valence-electron chi connectivity index (χ1n) is 9.20. The second kappa shape index (κ2) is 9.09. The van der Waals surface area contributed by atoms with Gasteiger partial charge in [-0.15, -0.1) is 0 Å². The molecule has 0 unspecified atom stereocenters. The number of hydrogen-bond donors (Lipinski definition) is 1. The standard InChI is InChI=1S/C20H21ClN2O6/c1-28-16-7-6-12(21)10-15(16)22-17(24)11-29-18(25)8-9-23-19(26)13-4-2-3-5-14(13)20(23)27/h2-3,6-7,10,13-14H,4-5,8-9,11H2,1H3,(H,22,24)/t13-,14+. The molecule has 1 aromatic carbocycles. The molecule has 9 heteroatoms. The van der Waals surface area contributed by atoms with Gasteiger partial charge in [0.2, 0.25) is 11.8 Å². The molecule has 1 saturated heterocycles. The Morgan fingerprint density at radius 3 is 2.45 bits per heavy atom. The first-order valence-corrected chi connectivity index (χ1v) is 9.57. The van der Waals surface area contributed by atoms with E-state index in [1.165, 1.54) is 13.2 Å². The fourth-order valence-electron chi connectivity index (χ4n) is 3.47. The summed E-state index contributed by atoms with van der Waals surface area (Å²) in [6.45, 7) is -0.557. The molecule has 2 atom stereocenters. The van der Waals surface area contributed by atoms with E-state index in [0.717, 1.165) is 4.90 Å². The van der Waals surface area contributed by atoms with Crippen molar-refractivity contribution in [2.75, 3.05) is 25.6 Å². The molecule has 8 nitrogen and oxygen atoms in total. The fourth-order valence-corrected chi connectivity index (χ4v) is 3.65. The number of esters is 1. The van der Waals surface area contributed by atoms with Crippen LogP contribution >= 0.6 is 11.6 Å². The Hall–Kier alpha value is -2.87. The van der Waals surface area contributed by atoms with Crippen LogP contribution in [0.25, 0.3) is 0 Å². The number of likely N-dealkylation sites (tertiary alicyclic amines) is 1. The molecule has 154 valence electrons. The van der Waals surface area contributed by atoms with Gasteiger partial charge in [0.15, 0.2) is 6.61 Å². The van der Waals surface area contributed by atoms with Crippen molar-refractivity contribution >= 4 is 41.0 Å². The van der Waals surface area contributed by atoms with Crippen LogP contribution in [0.1, 0.15) is 19.3 Å². The van der Waals surface area contributed by atoms with Crippen molar-refractivity contribution in [1.82, 2.24) is 4.90 Å². The minimum Gasteiger partial charge on any atom is -0.495 e. The Morgan fingerprint density at radius 2 is 1.83 bits per heavy atom. The highest BCUT2D eigenvalue weighted by molar-refractivity contribution is 6.31. The van der Waals surface area contributed by atoms with Crippen LogP contribution in [0.5, 0.6) is 5.75 Å². The second-order valence-corrected chi connectivity index (χ2v) is 7.22. The van der Waals surface area contributed by atoms with Crippen molar-refractivity contribution < 1.29 is 28.7 Å². The number of imide groups is 1. The van der Waals surface area contributed by atoms with E-state index < -0.39 is 18.5 Å². The number of amides is 3. The van der Waals surface area contributed by atoms with Gasteiger partial charge in [0.05, 0.1) is 31.1 Å². The molecule has 3 rings (SSSR count). The number of carbonyl (C=O) groups excluding carboxylic acids is 4. The maximum Gasteiger partial charge on any atom is 0.308 e. The normalized spacial score (nSPS) is 20.4. The summed E-state index contributed by atoms with van der Waals surface area (Å²) in [4.78, 5) is 49.8. The van der Waals surface area contributed by atoms with Gasteiger partial charge in [-0.3, -0.25) is 24.1 Å². The number of hydrogen-bond acceptors (Lipinski definition) is 6. The van der Waals surface area contributed by atoms with Gasteiger partial charge < -0.3 is 14.8 Å². The van der Waals surface area contributed by atoms with E-state index in [4.69, 9.17) is 21.1 Å². The Bertz CT molecular complexity index is 843. The maximum absolute atomic E-state index is 12.4. The largest absolute Gasteiger partial charge is 0.495 e. The van der Waals surface area contributed by atoms with Gasteiger partial charge in [0.1, 0.15) is 5.75 Å². The van der Waals surface area contributed by atoms with Crippen LogP contribution in [0.2, 0.25) is 5.02 Å². The quantitative estimate of drug-likeness (QED) is 0.412. The topological polar surface area (TPSA) is 102 Å². The first-order chi connectivity index (χ1) is 13.9. The molecule has 3 amide bonds. The molecule has 0 radical (unpaired) electrons. The van der Waals surface area contributed by atoms with Crippen LogP contribution in [0.4, 0.5) is 5.69 Å². The summed E-state index contributed by atoms with van der Waals surface area (Å²) in [6.07, 6.45) is 4.72. The smallest absolute Gasteiger partial charge is 0.308 e. The number of allylic oxidation sites excluding steroid dienone is 2. The van der Waals surface area contributed by atoms with E-state index in [0.29, 0.717) is 29.3 Å². The number of nitrogens with zero attached hydrogens (tertiary/aromatic N) is 1. The zero-order valence-electron chi connectivity index (χ0n) is 15.9. The summed E-state index contributed by atoms with van der Waals surface area (Å²) in [7, 11) is 1.45. The average molecular weight is 421 g/mol. The van der Waals surface area contributed by atoms with E-state index in [2.05, 4.69) is 5.32 Å². The number of ether oxygens (including phenoxy) is 2. The molecule has 29 heavy (non-hydrogen) atoms. The van der Waals surface area contributed by atoms with Crippen LogP contribution in [0, 0.1) is 11.8 Å². The van der Waals surface area contributed by atoms with Crippen molar-refractivity contribution in [2.45, 2.75) is 19.3 Å². The molecule has 1 aromatic rings. The molecule has 1 N–H and O–H groups in total. The predicted octanol–water partition coefficient (Wildman–Crippen LogP) is 2.17. The highest BCUT2D eigenvalue weighted by Gasteiger charge is 2.46. The molecule has 1 heterocycles. The molecule has 1 fully saturated rings. The van der Waals surface area contributed by atoms with E-state index >= 15 is 0 Å². The van der Waals surface area contributed by atoms with Gasteiger partial charge in [-0.25, -0.2) is 0 Å². The Balaban J connectivity index is 1.46. The van der Waals surface area contributed by atoms with Gasteiger partial charge in [0.25, 0.3) is 5.91 Å². The number of carbonyl (C=O) groups is 4. The Morgan fingerprint density at radius 1 is 1.17 bits per heavy atom. The van der Waals surface area contributed by atoms with Gasteiger partial charge in [-0.2, -0.15) is 0 Å². The molecule has 1 aliphatic carbocycles. The van der Waals surface area contributed by atoms with Crippen molar-refractivity contribution in [3.05, 3.63) is 35.4 Å². The number of nitrogens with one attached hydrogen (secondary N) is 1. The predicted molar refractivity (Wildman–Crippen MR) is 104 cm³/mol. The van der Waals surface area contributed by atoms with Crippen molar-refractivity contribution in [2.24, 2.45) is 11.8 Å². The first kappa shape index (κ1) is 20.9. The summed E-state index contributed by atoms with van der Waals surface area (Å²) in [6, 6.07) is 4.73. The minimum absolute atomic E-state index is 0.0484. The number of rotatable bonds is 7. The number of halogens is 1. The van der Waals surface area contributed by atoms with Gasteiger partial charge in [-0.1, -0.05) is 23.8 Å². The lowest BCUT2D eigenvalue weighted by Gasteiger charge is -2.14. The average Bonchev–Trinajstić information content (AvgIpc) is 2.95. The van der Waals surface area contributed by atoms with E-state index in [-0.39, 0.29) is 36.6 Å². The number of fused-ring (bicyclic) bond motifs is 1. The zero-order chi connectivity index (χ0) is 21.0. The third kappa shape index (κ3) is 4.76. The zero-order valence-corrected chi connectivity index (χ0v) is 16.6. The highest BCUT2D eigenvalue weighted by Crippen LogP contribution is 2.35. The lowest BCUT2D eigenvalue weighted by atomic mass is 9.85. The summed E-state index contributed by atoms with van der Waals surface area (Å²) in [5.74, 6) is -1.98. The maximum atomic E-state index is 12.4. The van der Waals surface area contributed by atoms with Crippen molar-refractivity contribution in [3.63, 3.8) is 0 Å². The third-order valence-electron chi connectivity index (χ3n) is 4.94. The number of methoxy groups -OCH3 is 1. The number of anilines is 1. The molecule has 1 aliphatic heterocycles. The van der Waals surface area contributed by atoms with Crippen LogP contribution in [0.15, 0.2) is 30.4 Å². The highest BCUT2D eigenvalue weighted by atomic mass is 35.5. The Labute approximate surface area is 172 Å². The van der Waals surface area contributed by atoms with Gasteiger partial charge in [0, 0.05) is 11.6 Å². The molecular weight excluding hydrogens is 400 g/mol. The van der Waals surface area contributed by atoms with E-state index in [9.17, 15) is 19.2 Å². The second-order valence-electron chi connectivity index (χ2n) is 6.79. The lowest BCUT2D eigenvalue weighted by molar-refractivity contribution is -0.148.